The zero-order chi connectivity index (χ0) is 54.2. The monoisotopic (exact) mass is 1030 g/mol. The summed E-state index contributed by atoms with van der Waals surface area (Å²) in [5, 5.41) is 3.51. The van der Waals surface area contributed by atoms with Crippen molar-refractivity contribution < 1.29 is 4.42 Å². The molecule has 0 radical (unpaired) electrons. The molecular formula is C72H68BN3OS. The third-order valence-corrected chi connectivity index (χ3v) is 17.7. The fourth-order valence-corrected chi connectivity index (χ4v) is 13.5. The van der Waals surface area contributed by atoms with Gasteiger partial charge in [0.1, 0.15) is 5.58 Å². The molecule has 0 saturated carbocycles. The first-order valence-corrected chi connectivity index (χ1v) is 28.6. The van der Waals surface area contributed by atoms with Crippen molar-refractivity contribution in [3.8, 4) is 11.1 Å². The molecule has 2 aliphatic rings. The number of rotatable bonds is 6. The van der Waals surface area contributed by atoms with Gasteiger partial charge in [-0.05, 0) is 151 Å². The van der Waals surface area contributed by atoms with Gasteiger partial charge in [-0.15, -0.1) is 11.3 Å². The van der Waals surface area contributed by atoms with Crippen molar-refractivity contribution in [1.82, 2.24) is 0 Å². The Labute approximate surface area is 465 Å². The van der Waals surface area contributed by atoms with Crippen LogP contribution in [0.1, 0.15) is 105 Å². The molecule has 0 atom stereocenters. The van der Waals surface area contributed by atoms with Crippen molar-refractivity contribution >= 4 is 117 Å². The minimum absolute atomic E-state index is 0.0149. The highest BCUT2D eigenvalue weighted by molar-refractivity contribution is 7.33. The van der Waals surface area contributed by atoms with Gasteiger partial charge in [0.05, 0.1) is 11.4 Å². The van der Waals surface area contributed by atoms with Crippen LogP contribution in [0.5, 0.6) is 0 Å². The van der Waals surface area contributed by atoms with E-state index in [0.29, 0.717) is 0 Å². The molecule has 0 aliphatic carbocycles. The van der Waals surface area contributed by atoms with Gasteiger partial charge in [0.15, 0.2) is 5.58 Å². The zero-order valence-electron chi connectivity index (χ0n) is 47.2. The topological polar surface area (TPSA) is 22.9 Å². The second-order valence-corrected chi connectivity index (χ2v) is 26.9. The molecule has 13 rings (SSSR count). The first kappa shape index (κ1) is 49.8. The van der Waals surface area contributed by atoms with Gasteiger partial charge in [-0.2, -0.15) is 0 Å². The molecule has 0 N–H and O–H groups in total. The first-order chi connectivity index (χ1) is 37.2. The molecule has 0 bridgehead atoms. The van der Waals surface area contributed by atoms with Gasteiger partial charge in [-0.1, -0.05) is 192 Å². The maximum absolute atomic E-state index is 7.22. The molecular weight excluding hydrogens is 966 g/mol. The van der Waals surface area contributed by atoms with Crippen molar-refractivity contribution in [1.29, 1.82) is 0 Å². The number of hydrogen-bond acceptors (Lipinski definition) is 5. The van der Waals surface area contributed by atoms with Crippen LogP contribution in [0.15, 0.2) is 199 Å². The fourth-order valence-electron chi connectivity index (χ4n) is 12.2. The van der Waals surface area contributed by atoms with Gasteiger partial charge in [-0.3, -0.25) is 0 Å². The van der Waals surface area contributed by atoms with E-state index in [1.807, 2.05) is 11.3 Å². The third kappa shape index (κ3) is 8.17. The molecule has 0 spiro atoms. The van der Waals surface area contributed by atoms with Gasteiger partial charge in [0, 0.05) is 65.4 Å². The smallest absolute Gasteiger partial charge is 0.264 e. The van der Waals surface area contributed by atoms with Crippen LogP contribution in [0, 0.1) is 0 Å². The number of nitrogens with zero attached hydrogens (tertiary/aromatic N) is 3. The lowest BCUT2D eigenvalue weighted by Crippen LogP contribution is -2.60. The van der Waals surface area contributed by atoms with E-state index >= 15 is 0 Å². The molecule has 0 saturated heterocycles. The summed E-state index contributed by atoms with van der Waals surface area (Å²) in [6.07, 6.45) is 0. The van der Waals surface area contributed by atoms with Crippen LogP contribution in [0.4, 0.5) is 51.2 Å². The van der Waals surface area contributed by atoms with Crippen molar-refractivity contribution in [2.24, 2.45) is 0 Å². The molecule has 2 aromatic heterocycles. The Morgan fingerprint density at radius 2 is 0.974 bits per heavy atom. The second kappa shape index (κ2) is 17.9. The Balaban J connectivity index is 1.11. The quantitative estimate of drug-likeness (QED) is 0.155. The summed E-state index contributed by atoms with van der Waals surface area (Å²) in [5.41, 5.74) is 22.1. The molecule has 2 aliphatic heterocycles. The van der Waals surface area contributed by atoms with Gasteiger partial charge in [-0.25, -0.2) is 0 Å². The first-order valence-electron chi connectivity index (χ1n) is 27.8. The van der Waals surface area contributed by atoms with E-state index in [1.165, 1.54) is 65.0 Å². The molecule has 0 fully saturated rings. The average molecular weight is 1030 g/mol. The lowest BCUT2D eigenvalue weighted by atomic mass is 9.36. The maximum Gasteiger partial charge on any atom is 0.264 e. The Kier molecular flexibility index (Phi) is 11.4. The van der Waals surface area contributed by atoms with Gasteiger partial charge < -0.3 is 19.1 Å². The molecule has 78 heavy (non-hydrogen) atoms. The minimum atomic E-state index is -0.0581. The number of furan rings is 1. The number of benzene rings is 9. The van der Waals surface area contributed by atoms with Crippen LogP contribution < -0.4 is 30.4 Å². The predicted octanol–water partition coefficient (Wildman–Crippen LogP) is 19.2. The summed E-state index contributed by atoms with van der Waals surface area (Å²) in [6, 6.07) is 73.2. The summed E-state index contributed by atoms with van der Waals surface area (Å²) < 4.78 is 9.87. The molecule has 6 heteroatoms. The highest BCUT2D eigenvalue weighted by Crippen LogP contribution is 2.52. The van der Waals surface area contributed by atoms with Crippen molar-refractivity contribution in [2.45, 2.75) is 105 Å². The number of hydrogen-bond donors (Lipinski definition) is 0. The second-order valence-electron chi connectivity index (χ2n) is 25.9. The molecule has 0 unspecified atom stereocenters. The highest BCUT2D eigenvalue weighted by atomic mass is 32.1. The van der Waals surface area contributed by atoms with E-state index in [1.54, 1.807) is 0 Å². The third-order valence-electron chi connectivity index (χ3n) is 16.5. The number of fused-ring (bicyclic) bond motifs is 9. The fraction of sp³-hybridized carbons (Fsp3) is 0.222. The van der Waals surface area contributed by atoms with Gasteiger partial charge >= 0.3 is 0 Å². The lowest BCUT2D eigenvalue weighted by Gasteiger charge is -2.43. The largest absolute Gasteiger partial charge is 0.454 e. The van der Waals surface area contributed by atoms with E-state index < -0.39 is 0 Å². The van der Waals surface area contributed by atoms with Crippen molar-refractivity contribution in [3.05, 3.63) is 216 Å². The average Bonchev–Trinajstić information content (AvgIpc) is 4.18. The van der Waals surface area contributed by atoms with Crippen LogP contribution in [0.3, 0.4) is 0 Å². The Hall–Kier alpha value is -7.80. The molecule has 9 aromatic carbocycles. The summed E-state index contributed by atoms with van der Waals surface area (Å²) in [7, 11) is 0. The summed E-state index contributed by atoms with van der Waals surface area (Å²) in [4.78, 5) is 7.56. The summed E-state index contributed by atoms with van der Waals surface area (Å²) in [6.45, 7) is 27.5. The highest BCUT2D eigenvalue weighted by Gasteiger charge is 2.46. The van der Waals surface area contributed by atoms with E-state index in [4.69, 9.17) is 4.42 Å². The van der Waals surface area contributed by atoms with Crippen molar-refractivity contribution in [3.63, 3.8) is 0 Å². The van der Waals surface area contributed by atoms with E-state index in [-0.39, 0.29) is 28.4 Å². The number of para-hydroxylation sites is 1. The normalized spacial score (nSPS) is 13.6. The lowest BCUT2D eigenvalue weighted by molar-refractivity contribution is 0.590. The zero-order valence-corrected chi connectivity index (χ0v) is 48.0. The standard InChI is InChI=1S/C72H68BN3OS/c1-69(2,3)46-27-34-50(35-28-46)74(51-36-29-47(30-37-51)70(4,5)6)53-40-41-57-61(44-53)76(60-25-16-22-55-64-54(45-19-14-13-15-20-45)21-17-26-62(64)77-67(55)60)59-24-18-23-58-65(59)73(57)68-66(56-43-49(72(10,11)12)33-42-63(56)78-68)75(58)52-38-31-48(32-39-52)71(7,8)9/h13-44H,1-12H3. The summed E-state index contributed by atoms with van der Waals surface area (Å²) in [5.74, 6) is 0. The predicted molar refractivity (Wildman–Crippen MR) is 338 cm³/mol. The molecule has 11 aromatic rings. The maximum atomic E-state index is 7.22. The molecule has 0 amide bonds. The molecule has 386 valence electrons. The van der Waals surface area contributed by atoms with Crippen LogP contribution in [-0.2, 0) is 21.7 Å². The van der Waals surface area contributed by atoms with E-state index in [0.717, 1.165) is 67.3 Å². The number of thiophene rings is 1. The van der Waals surface area contributed by atoms with Crippen LogP contribution in [-0.4, -0.2) is 6.71 Å². The van der Waals surface area contributed by atoms with Crippen LogP contribution in [0.25, 0.3) is 43.2 Å². The van der Waals surface area contributed by atoms with E-state index in [9.17, 15) is 0 Å². The minimum Gasteiger partial charge on any atom is -0.454 e. The Morgan fingerprint density at radius 3 is 1.59 bits per heavy atom. The summed E-state index contributed by atoms with van der Waals surface area (Å²) >= 11 is 1.95. The van der Waals surface area contributed by atoms with Gasteiger partial charge in [0.25, 0.3) is 6.71 Å². The van der Waals surface area contributed by atoms with Gasteiger partial charge in [0.2, 0.25) is 0 Å². The molecule has 4 nitrogen and oxygen atoms in total. The van der Waals surface area contributed by atoms with Crippen LogP contribution >= 0.6 is 11.3 Å². The SMILES string of the molecule is CC(C)(C)c1ccc(N(c2ccc(C(C)(C)C)cc2)c2ccc3c(c2)N(c2cccc4c2oc2cccc(-c5ccccc5)c24)c2cccc4c2B3c2sc3ccc(C(C)(C)C)cc3c2N4c2ccc(C(C)(C)C)cc2)cc1. The number of anilines is 9. The Morgan fingerprint density at radius 1 is 0.436 bits per heavy atom. The molecule has 4 heterocycles. The van der Waals surface area contributed by atoms with Crippen molar-refractivity contribution in [2.75, 3.05) is 14.7 Å². The van der Waals surface area contributed by atoms with E-state index in [2.05, 4.69) is 292 Å². The van der Waals surface area contributed by atoms with Crippen LogP contribution in [0.2, 0.25) is 0 Å². The Bertz CT molecular complexity index is 4060.